The summed E-state index contributed by atoms with van der Waals surface area (Å²) < 4.78 is 0. The van der Waals surface area contributed by atoms with Crippen molar-refractivity contribution in [3.05, 3.63) is 64.2 Å². The first-order valence-corrected chi connectivity index (χ1v) is 8.92. The predicted octanol–water partition coefficient (Wildman–Crippen LogP) is 4.07. The molecule has 0 saturated carbocycles. The number of fused-ring (bicyclic) bond motifs is 1. The summed E-state index contributed by atoms with van der Waals surface area (Å²) in [5.74, 6) is -0.763. The number of hydrogen-bond donors (Lipinski definition) is 0. The molecule has 134 valence electrons. The Kier molecular flexibility index (Phi) is 5.59. The van der Waals surface area contributed by atoms with E-state index >= 15 is 0 Å². The molecule has 0 spiro atoms. The lowest BCUT2D eigenvalue weighted by Crippen LogP contribution is -2.29. The van der Waals surface area contributed by atoms with Crippen molar-refractivity contribution in [3.8, 4) is 0 Å². The van der Waals surface area contributed by atoms with Crippen LogP contribution in [0.25, 0.3) is 0 Å². The first-order valence-electron chi connectivity index (χ1n) is 8.00. The van der Waals surface area contributed by atoms with E-state index in [4.69, 9.17) is 28.0 Å². The van der Waals surface area contributed by atoms with Crippen molar-refractivity contribution in [2.45, 2.75) is 19.9 Å². The zero-order valence-electron chi connectivity index (χ0n) is 14.0. The van der Waals surface area contributed by atoms with Crippen molar-refractivity contribution < 1.29 is 14.4 Å². The Morgan fingerprint density at radius 3 is 2.62 bits per heavy atom. The van der Waals surface area contributed by atoms with E-state index in [1.807, 2.05) is 37.3 Å². The molecule has 3 rings (SSSR count). The molecule has 7 heteroatoms. The lowest BCUT2D eigenvalue weighted by Gasteiger charge is -2.17. The second kappa shape index (κ2) is 7.89. The second-order valence-electron chi connectivity index (χ2n) is 5.88. The van der Waals surface area contributed by atoms with Crippen LogP contribution in [0.2, 0.25) is 5.02 Å². The van der Waals surface area contributed by atoms with Crippen LogP contribution in [0.4, 0.5) is 5.69 Å². The molecule has 2 aromatic rings. The van der Waals surface area contributed by atoms with Crippen LogP contribution in [-0.2, 0) is 21.0 Å². The third-order valence-electron chi connectivity index (χ3n) is 3.94. The summed E-state index contributed by atoms with van der Waals surface area (Å²) in [6, 6.07) is 12.9. The van der Waals surface area contributed by atoms with Gasteiger partial charge in [0.15, 0.2) is 5.71 Å². The van der Waals surface area contributed by atoms with Gasteiger partial charge in [0.2, 0.25) is 0 Å². The normalized spacial score (nSPS) is 14.7. The highest BCUT2D eigenvalue weighted by Crippen LogP contribution is 2.32. The molecule has 0 atom stereocenters. The standard InChI is InChI=1S/C19H16Cl2N2O3/c1-12-2-7-16-15(10-12)18(22-26-17(24)8-9-20)19(25)23(16)11-13-3-5-14(21)6-4-13/h2-7,10H,8-9,11H2,1H3/b22-18-. The number of hydrogen-bond acceptors (Lipinski definition) is 4. The molecular formula is C19H16Cl2N2O3. The summed E-state index contributed by atoms with van der Waals surface area (Å²) in [6.07, 6.45) is 0.0295. The number of nitrogens with zero attached hydrogens (tertiary/aromatic N) is 2. The van der Waals surface area contributed by atoms with Gasteiger partial charge in [-0.15, -0.1) is 11.6 Å². The zero-order valence-corrected chi connectivity index (χ0v) is 15.5. The average Bonchev–Trinajstić information content (AvgIpc) is 2.86. The molecule has 0 N–H and O–H groups in total. The average molecular weight is 391 g/mol. The Hall–Kier alpha value is -2.37. The lowest BCUT2D eigenvalue weighted by molar-refractivity contribution is -0.143. The minimum absolute atomic E-state index is 0.0295. The van der Waals surface area contributed by atoms with Crippen LogP contribution in [-0.4, -0.2) is 23.5 Å². The quantitative estimate of drug-likeness (QED) is 0.439. The zero-order chi connectivity index (χ0) is 18.7. The molecule has 0 radical (unpaired) electrons. The molecule has 1 amide bonds. The highest BCUT2D eigenvalue weighted by Gasteiger charge is 2.35. The minimum atomic E-state index is -0.578. The predicted molar refractivity (Wildman–Crippen MR) is 102 cm³/mol. The van der Waals surface area contributed by atoms with Gasteiger partial charge in [-0.2, -0.15) is 0 Å². The van der Waals surface area contributed by atoms with Crippen LogP contribution in [0.1, 0.15) is 23.1 Å². The fourth-order valence-electron chi connectivity index (χ4n) is 2.66. The smallest absolute Gasteiger partial charge is 0.317 e. The van der Waals surface area contributed by atoms with Gasteiger partial charge in [-0.3, -0.25) is 4.79 Å². The third kappa shape index (κ3) is 3.89. The number of halogens is 2. The number of amides is 1. The van der Waals surface area contributed by atoms with Crippen LogP contribution in [0, 0.1) is 6.92 Å². The number of carbonyl (C=O) groups excluding carboxylic acids is 2. The molecule has 0 bridgehead atoms. The van der Waals surface area contributed by atoms with Gasteiger partial charge in [0.1, 0.15) is 0 Å². The van der Waals surface area contributed by atoms with Crippen molar-refractivity contribution in [2.24, 2.45) is 5.16 Å². The summed E-state index contributed by atoms with van der Waals surface area (Å²) in [4.78, 5) is 30.9. The Balaban J connectivity index is 1.92. The van der Waals surface area contributed by atoms with Crippen LogP contribution in [0.5, 0.6) is 0 Å². The van der Waals surface area contributed by atoms with Crippen LogP contribution < -0.4 is 4.90 Å². The summed E-state index contributed by atoms with van der Waals surface area (Å²) >= 11 is 11.4. The Morgan fingerprint density at radius 2 is 1.92 bits per heavy atom. The molecule has 26 heavy (non-hydrogen) atoms. The molecule has 1 aliphatic heterocycles. The number of carbonyl (C=O) groups is 2. The van der Waals surface area contributed by atoms with Gasteiger partial charge in [0, 0.05) is 16.5 Å². The molecule has 0 aromatic heterocycles. The van der Waals surface area contributed by atoms with Gasteiger partial charge in [-0.25, -0.2) is 4.79 Å². The van der Waals surface area contributed by atoms with Crippen molar-refractivity contribution in [3.63, 3.8) is 0 Å². The maximum atomic E-state index is 12.9. The van der Waals surface area contributed by atoms with Gasteiger partial charge in [0.25, 0.3) is 5.91 Å². The van der Waals surface area contributed by atoms with E-state index in [9.17, 15) is 9.59 Å². The molecule has 0 fully saturated rings. The highest BCUT2D eigenvalue weighted by molar-refractivity contribution is 6.54. The first-order chi connectivity index (χ1) is 12.5. The van der Waals surface area contributed by atoms with E-state index in [1.165, 1.54) is 0 Å². The molecule has 1 aliphatic rings. The number of oxime groups is 1. The summed E-state index contributed by atoms with van der Waals surface area (Å²) in [6.45, 7) is 2.28. The second-order valence-corrected chi connectivity index (χ2v) is 6.69. The van der Waals surface area contributed by atoms with Gasteiger partial charge < -0.3 is 9.74 Å². The summed E-state index contributed by atoms with van der Waals surface area (Å²) in [5, 5.41) is 4.44. The van der Waals surface area contributed by atoms with Crippen LogP contribution in [0.3, 0.4) is 0 Å². The highest BCUT2D eigenvalue weighted by atomic mass is 35.5. The monoisotopic (exact) mass is 390 g/mol. The largest absolute Gasteiger partial charge is 0.336 e. The van der Waals surface area contributed by atoms with E-state index in [0.717, 1.165) is 16.8 Å². The van der Waals surface area contributed by atoms with Gasteiger partial charge in [-0.1, -0.05) is 40.5 Å². The van der Waals surface area contributed by atoms with Crippen molar-refractivity contribution >= 4 is 46.5 Å². The van der Waals surface area contributed by atoms with E-state index in [2.05, 4.69) is 5.16 Å². The molecule has 0 saturated heterocycles. The maximum Gasteiger partial charge on any atom is 0.336 e. The fraction of sp³-hybridized carbons (Fsp3) is 0.211. The van der Waals surface area contributed by atoms with E-state index in [1.54, 1.807) is 17.0 Å². The Labute approximate surface area is 161 Å². The number of rotatable bonds is 5. The first kappa shape index (κ1) is 18.4. The number of benzene rings is 2. The van der Waals surface area contributed by atoms with E-state index in [-0.39, 0.29) is 23.9 Å². The Bertz CT molecular complexity index is 879. The Morgan fingerprint density at radius 1 is 1.19 bits per heavy atom. The summed E-state index contributed by atoms with van der Waals surface area (Å²) in [5.41, 5.74) is 3.38. The van der Waals surface area contributed by atoms with E-state index < -0.39 is 5.97 Å². The molecule has 5 nitrogen and oxygen atoms in total. The minimum Gasteiger partial charge on any atom is -0.317 e. The number of aryl methyl sites for hydroxylation is 1. The van der Waals surface area contributed by atoms with Crippen molar-refractivity contribution in [1.82, 2.24) is 0 Å². The molecule has 1 heterocycles. The van der Waals surface area contributed by atoms with Crippen LogP contribution >= 0.6 is 23.2 Å². The fourth-order valence-corrected chi connectivity index (χ4v) is 2.94. The molecule has 2 aromatic carbocycles. The molecule has 0 aliphatic carbocycles. The lowest BCUT2D eigenvalue weighted by atomic mass is 10.1. The van der Waals surface area contributed by atoms with Gasteiger partial charge in [-0.05, 0) is 36.8 Å². The molecular weight excluding hydrogens is 375 g/mol. The molecule has 0 unspecified atom stereocenters. The van der Waals surface area contributed by atoms with Gasteiger partial charge in [0.05, 0.1) is 18.7 Å². The summed E-state index contributed by atoms with van der Waals surface area (Å²) in [7, 11) is 0. The van der Waals surface area contributed by atoms with Crippen LogP contribution in [0.15, 0.2) is 47.6 Å². The number of alkyl halides is 1. The third-order valence-corrected chi connectivity index (χ3v) is 4.38. The van der Waals surface area contributed by atoms with Crippen molar-refractivity contribution in [1.29, 1.82) is 0 Å². The maximum absolute atomic E-state index is 12.9. The topological polar surface area (TPSA) is 59.0 Å². The SMILES string of the molecule is Cc1ccc2c(c1)/C(=N/OC(=O)CCCl)C(=O)N2Cc1ccc(Cl)cc1. The van der Waals surface area contributed by atoms with E-state index in [0.29, 0.717) is 17.1 Å². The van der Waals surface area contributed by atoms with Crippen molar-refractivity contribution in [2.75, 3.05) is 10.8 Å². The number of anilines is 1. The van der Waals surface area contributed by atoms with Gasteiger partial charge >= 0.3 is 5.97 Å².